The van der Waals surface area contributed by atoms with Gasteiger partial charge in [0.05, 0.1) is 7.11 Å². The fraction of sp³-hybridized carbons (Fsp3) is 0.0909. The fourth-order valence-corrected chi connectivity index (χ4v) is 1.82. The van der Waals surface area contributed by atoms with E-state index in [4.69, 9.17) is 16.3 Å². The highest BCUT2D eigenvalue weighted by Crippen LogP contribution is 2.22. The van der Waals surface area contributed by atoms with Gasteiger partial charge in [0, 0.05) is 10.5 Å². The van der Waals surface area contributed by atoms with Crippen LogP contribution in [0, 0.1) is 0 Å². The van der Waals surface area contributed by atoms with Crippen LogP contribution in [0.5, 0.6) is 5.75 Å². The number of hydrogen-bond acceptors (Lipinski definition) is 3. The van der Waals surface area contributed by atoms with Gasteiger partial charge >= 0.3 is 7.12 Å². The van der Waals surface area contributed by atoms with Gasteiger partial charge in [0.25, 0.3) is 0 Å². The summed E-state index contributed by atoms with van der Waals surface area (Å²) in [5.41, 5.74) is 0.331. The van der Waals surface area contributed by atoms with Crippen LogP contribution in [0.3, 0.4) is 0 Å². The highest BCUT2D eigenvalue weighted by atomic mass is 35.5. The lowest BCUT2D eigenvalue weighted by Gasteiger charge is -2.09. The maximum atomic E-state index is 9.21. The van der Waals surface area contributed by atoms with Crippen LogP contribution in [0.1, 0.15) is 0 Å². The van der Waals surface area contributed by atoms with Crippen molar-refractivity contribution >= 4 is 35.0 Å². The van der Waals surface area contributed by atoms with Crippen LogP contribution >= 0.6 is 11.6 Å². The Balaban J connectivity index is 2.70. The first-order valence-corrected chi connectivity index (χ1v) is 5.13. The zero-order chi connectivity index (χ0) is 11.7. The minimum atomic E-state index is -1.56. The van der Waals surface area contributed by atoms with Gasteiger partial charge in [-0.15, -0.1) is 0 Å². The lowest BCUT2D eigenvalue weighted by Crippen LogP contribution is -2.31. The number of rotatable bonds is 2. The molecule has 0 spiro atoms. The molecule has 0 aromatic heterocycles. The minimum Gasteiger partial charge on any atom is -0.497 e. The third-order valence-electron chi connectivity index (χ3n) is 2.43. The molecule has 0 bridgehead atoms. The third kappa shape index (κ3) is 2.00. The van der Waals surface area contributed by atoms with Crippen molar-refractivity contribution in [1.82, 2.24) is 0 Å². The van der Waals surface area contributed by atoms with E-state index in [0.717, 1.165) is 10.8 Å². The summed E-state index contributed by atoms with van der Waals surface area (Å²) in [6.45, 7) is 0. The average molecular weight is 236 g/mol. The fourth-order valence-electron chi connectivity index (χ4n) is 1.64. The first-order valence-electron chi connectivity index (χ1n) is 4.75. The second-order valence-corrected chi connectivity index (χ2v) is 3.90. The molecule has 0 saturated heterocycles. The predicted molar refractivity (Wildman–Crippen MR) is 65.3 cm³/mol. The average Bonchev–Trinajstić information content (AvgIpc) is 2.27. The maximum absolute atomic E-state index is 9.21. The highest BCUT2D eigenvalue weighted by molar-refractivity contribution is 6.60. The van der Waals surface area contributed by atoms with E-state index in [2.05, 4.69) is 0 Å². The lowest BCUT2D eigenvalue weighted by atomic mass is 9.78. The van der Waals surface area contributed by atoms with Gasteiger partial charge in [-0.1, -0.05) is 23.7 Å². The van der Waals surface area contributed by atoms with Crippen LogP contribution in [0.25, 0.3) is 10.8 Å². The standard InChI is InChI=1S/C11H10BClO3/c1-16-11-6-7-2-3-9(13)4-8(7)5-10(11)12(14)15/h2-6,14-15H,1H3. The molecule has 5 heteroatoms. The summed E-state index contributed by atoms with van der Waals surface area (Å²) < 4.78 is 5.09. The first-order chi connectivity index (χ1) is 7.61. The molecular weight excluding hydrogens is 226 g/mol. The van der Waals surface area contributed by atoms with Gasteiger partial charge in [-0.25, -0.2) is 0 Å². The molecular formula is C11H10BClO3. The first kappa shape index (κ1) is 11.3. The number of methoxy groups -OCH3 is 1. The van der Waals surface area contributed by atoms with Crippen molar-refractivity contribution in [3.63, 3.8) is 0 Å². The van der Waals surface area contributed by atoms with Gasteiger partial charge in [-0.3, -0.25) is 0 Å². The van der Waals surface area contributed by atoms with E-state index >= 15 is 0 Å². The molecule has 0 saturated carbocycles. The van der Waals surface area contributed by atoms with Crippen molar-refractivity contribution in [2.45, 2.75) is 0 Å². The van der Waals surface area contributed by atoms with E-state index in [1.54, 1.807) is 24.3 Å². The summed E-state index contributed by atoms with van der Waals surface area (Å²) in [6, 6.07) is 8.81. The van der Waals surface area contributed by atoms with E-state index in [1.807, 2.05) is 6.07 Å². The number of hydrogen-bond donors (Lipinski definition) is 2. The van der Waals surface area contributed by atoms with E-state index < -0.39 is 7.12 Å². The minimum absolute atomic E-state index is 0.331. The molecule has 0 atom stereocenters. The Bertz CT molecular complexity index is 528. The smallest absolute Gasteiger partial charge is 0.492 e. The number of halogens is 1. The molecule has 0 fully saturated rings. The molecule has 82 valence electrons. The summed E-state index contributed by atoms with van der Waals surface area (Å²) in [6.07, 6.45) is 0. The Morgan fingerprint density at radius 1 is 1.12 bits per heavy atom. The molecule has 0 aliphatic rings. The molecule has 0 heterocycles. The Labute approximate surface area is 98.4 Å². The second-order valence-electron chi connectivity index (χ2n) is 3.46. The van der Waals surface area contributed by atoms with Crippen molar-refractivity contribution < 1.29 is 14.8 Å². The van der Waals surface area contributed by atoms with Crippen LogP contribution in [-0.2, 0) is 0 Å². The van der Waals surface area contributed by atoms with Gasteiger partial charge in [-0.05, 0) is 29.0 Å². The van der Waals surface area contributed by atoms with Gasteiger partial charge in [0.2, 0.25) is 0 Å². The van der Waals surface area contributed by atoms with Crippen molar-refractivity contribution in [2.24, 2.45) is 0 Å². The van der Waals surface area contributed by atoms with Crippen molar-refractivity contribution in [1.29, 1.82) is 0 Å². The molecule has 0 unspecified atom stereocenters. The Morgan fingerprint density at radius 3 is 2.50 bits per heavy atom. The molecule has 0 aliphatic carbocycles. The van der Waals surface area contributed by atoms with E-state index in [0.29, 0.717) is 16.2 Å². The summed E-state index contributed by atoms with van der Waals surface area (Å²) in [5.74, 6) is 0.449. The molecule has 0 aliphatic heterocycles. The quantitative estimate of drug-likeness (QED) is 0.770. The number of ether oxygens (including phenoxy) is 1. The van der Waals surface area contributed by atoms with Crippen LogP contribution in [-0.4, -0.2) is 24.3 Å². The predicted octanol–water partition coefficient (Wildman–Crippen LogP) is 1.18. The maximum Gasteiger partial charge on any atom is 0.492 e. The van der Waals surface area contributed by atoms with Crippen LogP contribution < -0.4 is 10.2 Å². The normalized spacial score (nSPS) is 10.5. The zero-order valence-corrected chi connectivity index (χ0v) is 9.40. The number of benzene rings is 2. The Hall–Kier alpha value is -1.23. The summed E-state index contributed by atoms with van der Waals surface area (Å²) in [7, 11) is -0.0680. The van der Waals surface area contributed by atoms with Crippen LogP contribution in [0.2, 0.25) is 5.02 Å². The molecule has 16 heavy (non-hydrogen) atoms. The molecule has 0 amide bonds. The van der Waals surface area contributed by atoms with Crippen molar-refractivity contribution in [2.75, 3.05) is 7.11 Å². The topological polar surface area (TPSA) is 49.7 Å². The summed E-state index contributed by atoms with van der Waals surface area (Å²) in [4.78, 5) is 0. The van der Waals surface area contributed by atoms with E-state index in [9.17, 15) is 10.0 Å². The Morgan fingerprint density at radius 2 is 1.88 bits per heavy atom. The summed E-state index contributed by atoms with van der Waals surface area (Å²) in [5, 5.41) is 20.8. The van der Waals surface area contributed by atoms with Crippen LogP contribution in [0.4, 0.5) is 0 Å². The SMILES string of the molecule is COc1cc2ccc(Cl)cc2cc1B(O)O. The van der Waals surface area contributed by atoms with Gasteiger partial charge in [-0.2, -0.15) is 0 Å². The van der Waals surface area contributed by atoms with Crippen LogP contribution in [0.15, 0.2) is 30.3 Å². The van der Waals surface area contributed by atoms with Crippen molar-refractivity contribution in [3.8, 4) is 5.75 Å². The Kier molecular flexibility index (Phi) is 3.05. The zero-order valence-electron chi connectivity index (χ0n) is 8.64. The van der Waals surface area contributed by atoms with Gasteiger partial charge < -0.3 is 14.8 Å². The second kappa shape index (κ2) is 4.33. The third-order valence-corrected chi connectivity index (χ3v) is 2.66. The molecule has 3 nitrogen and oxygen atoms in total. The largest absolute Gasteiger partial charge is 0.497 e. The van der Waals surface area contributed by atoms with E-state index in [1.165, 1.54) is 7.11 Å². The van der Waals surface area contributed by atoms with Crippen molar-refractivity contribution in [3.05, 3.63) is 35.4 Å². The lowest BCUT2D eigenvalue weighted by molar-refractivity contribution is 0.403. The molecule has 2 aromatic carbocycles. The number of fused-ring (bicyclic) bond motifs is 1. The highest BCUT2D eigenvalue weighted by Gasteiger charge is 2.17. The van der Waals surface area contributed by atoms with Gasteiger partial charge in [0.15, 0.2) is 0 Å². The monoisotopic (exact) mass is 236 g/mol. The summed E-state index contributed by atoms with van der Waals surface area (Å²) >= 11 is 5.87. The molecule has 0 radical (unpaired) electrons. The molecule has 2 aromatic rings. The van der Waals surface area contributed by atoms with Gasteiger partial charge in [0.1, 0.15) is 5.75 Å². The molecule has 2 N–H and O–H groups in total. The van der Waals surface area contributed by atoms with E-state index in [-0.39, 0.29) is 0 Å². The molecule has 2 rings (SSSR count).